The first-order valence-electron chi connectivity index (χ1n) is 6.29. The Morgan fingerprint density at radius 1 is 1.53 bits per heavy atom. The van der Waals surface area contributed by atoms with E-state index in [-0.39, 0.29) is 17.2 Å². The van der Waals surface area contributed by atoms with E-state index in [4.69, 9.17) is 16.3 Å². The predicted octanol–water partition coefficient (Wildman–Crippen LogP) is 2.79. The molecule has 2 N–H and O–H groups in total. The van der Waals surface area contributed by atoms with Gasteiger partial charge in [0.05, 0.1) is 12.7 Å². The third kappa shape index (κ3) is 4.99. The number of benzene rings is 1. The van der Waals surface area contributed by atoms with Gasteiger partial charge >= 0.3 is 0 Å². The molecule has 5 heteroatoms. The molecule has 106 valence electrons. The molecule has 0 saturated heterocycles. The number of rotatable bonds is 7. The first-order valence-corrected chi connectivity index (χ1v) is 6.83. The number of phenols is 1. The summed E-state index contributed by atoms with van der Waals surface area (Å²) in [6.07, 6.45) is 1.84. The summed E-state index contributed by atoms with van der Waals surface area (Å²) in [7, 11) is 1.51. The molecule has 0 aliphatic rings. The molecule has 0 fully saturated rings. The zero-order chi connectivity index (χ0) is 14.3. The van der Waals surface area contributed by atoms with E-state index in [0.29, 0.717) is 24.1 Å². The second-order valence-electron chi connectivity index (χ2n) is 4.54. The number of aromatic hydroxyl groups is 1. The van der Waals surface area contributed by atoms with E-state index in [1.807, 2.05) is 0 Å². The van der Waals surface area contributed by atoms with Crippen LogP contribution >= 0.6 is 11.6 Å². The summed E-state index contributed by atoms with van der Waals surface area (Å²) in [6, 6.07) is 4.61. The van der Waals surface area contributed by atoms with Crippen LogP contribution < -0.4 is 10.1 Å². The molecule has 1 atom stereocenters. The molecular weight excluding hydrogens is 266 g/mol. The summed E-state index contributed by atoms with van der Waals surface area (Å²) < 4.78 is 4.96. The minimum absolute atomic E-state index is 0.0778. The van der Waals surface area contributed by atoms with E-state index in [2.05, 4.69) is 12.2 Å². The lowest BCUT2D eigenvalue weighted by Crippen LogP contribution is -2.24. The Morgan fingerprint density at radius 2 is 2.26 bits per heavy atom. The largest absolute Gasteiger partial charge is 0.507 e. The highest BCUT2D eigenvalue weighted by molar-refractivity contribution is 6.18. The SMILES string of the molecule is COc1ccc(C(=O)NCCCC(C)CCl)c(O)c1. The van der Waals surface area contributed by atoms with Gasteiger partial charge in [0.25, 0.3) is 5.91 Å². The number of carbonyl (C=O) groups is 1. The minimum atomic E-state index is -0.279. The summed E-state index contributed by atoms with van der Waals surface area (Å²) in [5.41, 5.74) is 0.256. The van der Waals surface area contributed by atoms with E-state index < -0.39 is 0 Å². The van der Waals surface area contributed by atoms with Crippen LogP contribution in [0.1, 0.15) is 30.1 Å². The van der Waals surface area contributed by atoms with Crippen molar-refractivity contribution in [1.29, 1.82) is 0 Å². The Labute approximate surface area is 118 Å². The quantitative estimate of drug-likeness (QED) is 0.598. The maximum atomic E-state index is 11.8. The maximum absolute atomic E-state index is 11.8. The van der Waals surface area contributed by atoms with Crippen LogP contribution in [0, 0.1) is 5.92 Å². The van der Waals surface area contributed by atoms with Gasteiger partial charge in [0.1, 0.15) is 11.5 Å². The molecule has 0 aromatic heterocycles. The summed E-state index contributed by atoms with van der Waals surface area (Å²) in [5.74, 6) is 1.25. The number of amides is 1. The first kappa shape index (κ1) is 15.6. The maximum Gasteiger partial charge on any atom is 0.255 e. The van der Waals surface area contributed by atoms with Crippen molar-refractivity contribution in [3.05, 3.63) is 23.8 Å². The first-order chi connectivity index (χ1) is 9.08. The molecule has 0 heterocycles. The van der Waals surface area contributed by atoms with Crippen molar-refractivity contribution < 1.29 is 14.6 Å². The predicted molar refractivity (Wildman–Crippen MR) is 76.1 cm³/mol. The summed E-state index contributed by atoms with van der Waals surface area (Å²) in [6.45, 7) is 2.65. The average Bonchev–Trinajstić information content (AvgIpc) is 2.42. The fourth-order valence-corrected chi connectivity index (χ4v) is 1.81. The second kappa shape index (κ2) is 7.89. The summed E-state index contributed by atoms with van der Waals surface area (Å²) in [4.78, 5) is 11.8. The van der Waals surface area contributed by atoms with Crippen LogP contribution in [0.3, 0.4) is 0 Å². The van der Waals surface area contributed by atoms with Crippen LogP contribution in [0.25, 0.3) is 0 Å². The Kier molecular flexibility index (Phi) is 6.50. The van der Waals surface area contributed by atoms with Gasteiger partial charge in [-0.1, -0.05) is 6.92 Å². The number of phenolic OH excluding ortho intramolecular Hbond substituents is 1. The number of nitrogens with one attached hydrogen (secondary N) is 1. The highest BCUT2D eigenvalue weighted by Gasteiger charge is 2.11. The molecule has 0 spiro atoms. The highest BCUT2D eigenvalue weighted by Crippen LogP contribution is 2.23. The monoisotopic (exact) mass is 285 g/mol. The number of carbonyl (C=O) groups excluding carboxylic acids is 1. The third-order valence-corrected chi connectivity index (χ3v) is 3.40. The molecule has 1 rings (SSSR count). The lowest BCUT2D eigenvalue weighted by atomic mass is 10.1. The van der Waals surface area contributed by atoms with Crippen molar-refractivity contribution in [3.63, 3.8) is 0 Å². The standard InChI is InChI=1S/C14H20ClNO3/c1-10(9-15)4-3-7-16-14(18)12-6-5-11(19-2)8-13(12)17/h5-6,8,10,17H,3-4,7,9H2,1-2H3,(H,16,18). The van der Waals surface area contributed by atoms with Gasteiger partial charge in [-0.3, -0.25) is 4.79 Å². The molecule has 1 amide bonds. The number of hydrogen-bond donors (Lipinski definition) is 2. The Balaban J connectivity index is 2.45. The van der Waals surface area contributed by atoms with Gasteiger partial charge in [-0.2, -0.15) is 0 Å². The molecule has 4 nitrogen and oxygen atoms in total. The van der Waals surface area contributed by atoms with Gasteiger partial charge in [-0.25, -0.2) is 0 Å². The Hall–Kier alpha value is -1.42. The van der Waals surface area contributed by atoms with Crippen molar-refractivity contribution in [1.82, 2.24) is 5.32 Å². The zero-order valence-electron chi connectivity index (χ0n) is 11.3. The van der Waals surface area contributed by atoms with Gasteiger partial charge in [0.15, 0.2) is 0 Å². The fraction of sp³-hybridized carbons (Fsp3) is 0.500. The summed E-state index contributed by atoms with van der Waals surface area (Å²) in [5, 5.41) is 12.5. The number of alkyl halides is 1. The molecule has 1 unspecified atom stereocenters. The smallest absolute Gasteiger partial charge is 0.255 e. The number of methoxy groups -OCH3 is 1. The van der Waals surface area contributed by atoms with Crippen LogP contribution in [-0.4, -0.2) is 30.5 Å². The molecule has 19 heavy (non-hydrogen) atoms. The van der Waals surface area contributed by atoms with Crippen LogP contribution in [0.5, 0.6) is 11.5 Å². The molecule has 1 aromatic carbocycles. The Morgan fingerprint density at radius 3 is 2.84 bits per heavy atom. The van der Waals surface area contributed by atoms with Crippen molar-refractivity contribution in [2.45, 2.75) is 19.8 Å². The van der Waals surface area contributed by atoms with Gasteiger partial charge in [0, 0.05) is 18.5 Å². The van der Waals surface area contributed by atoms with Gasteiger partial charge in [0.2, 0.25) is 0 Å². The number of ether oxygens (including phenoxy) is 1. The van der Waals surface area contributed by atoms with Crippen LogP contribution in [0.15, 0.2) is 18.2 Å². The lowest BCUT2D eigenvalue weighted by Gasteiger charge is -2.09. The zero-order valence-corrected chi connectivity index (χ0v) is 12.0. The van der Waals surface area contributed by atoms with Crippen LogP contribution in [0.2, 0.25) is 0 Å². The topological polar surface area (TPSA) is 58.6 Å². The third-order valence-electron chi connectivity index (χ3n) is 2.87. The average molecular weight is 286 g/mol. The fourth-order valence-electron chi connectivity index (χ4n) is 1.66. The van der Waals surface area contributed by atoms with E-state index in [1.165, 1.54) is 13.2 Å². The van der Waals surface area contributed by atoms with Crippen LogP contribution in [0.4, 0.5) is 0 Å². The number of halogens is 1. The molecule has 1 aromatic rings. The number of hydrogen-bond acceptors (Lipinski definition) is 3. The van der Waals surface area contributed by atoms with E-state index in [0.717, 1.165) is 12.8 Å². The van der Waals surface area contributed by atoms with Gasteiger partial charge in [-0.05, 0) is 30.9 Å². The molecule has 0 aliphatic heterocycles. The minimum Gasteiger partial charge on any atom is -0.507 e. The van der Waals surface area contributed by atoms with E-state index in [1.54, 1.807) is 12.1 Å². The molecular formula is C14H20ClNO3. The van der Waals surface area contributed by atoms with Crippen LogP contribution in [-0.2, 0) is 0 Å². The Bertz CT molecular complexity index is 423. The van der Waals surface area contributed by atoms with Gasteiger partial charge < -0.3 is 15.2 Å². The molecule has 0 saturated carbocycles. The van der Waals surface area contributed by atoms with Gasteiger partial charge in [-0.15, -0.1) is 11.6 Å². The molecule has 0 radical (unpaired) electrons. The van der Waals surface area contributed by atoms with Crippen molar-refractivity contribution in [2.75, 3.05) is 19.5 Å². The van der Waals surface area contributed by atoms with Crippen molar-refractivity contribution in [2.24, 2.45) is 5.92 Å². The molecule has 0 bridgehead atoms. The summed E-state index contributed by atoms with van der Waals surface area (Å²) >= 11 is 5.71. The normalized spacial score (nSPS) is 11.9. The molecule has 0 aliphatic carbocycles. The van der Waals surface area contributed by atoms with E-state index >= 15 is 0 Å². The highest BCUT2D eigenvalue weighted by atomic mass is 35.5. The lowest BCUT2D eigenvalue weighted by molar-refractivity contribution is 0.0950. The second-order valence-corrected chi connectivity index (χ2v) is 4.85. The van der Waals surface area contributed by atoms with E-state index in [9.17, 15) is 9.90 Å². The van der Waals surface area contributed by atoms with Crippen molar-refractivity contribution >= 4 is 17.5 Å². The van der Waals surface area contributed by atoms with Crippen molar-refractivity contribution in [3.8, 4) is 11.5 Å².